The highest BCUT2D eigenvalue weighted by molar-refractivity contribution is 5.80. The second kappa shape index (κ2) is 7.78. The Labute approximate surface area is 127 Å². The molecule has 0 aromatic carbocycles. The van der Waals surface area contributed by atoms with Crippen LogP contribution in [0.15, 0.2) is 0 Å². The van der Waals surface area contributed by atoms with E-state index in [0.717, 1.165) is 19.3 Å². The van der Waals surface area contributed by atoms with Crippen molar-refractivity contribution in [2.75, 3.05) is 6.54 Å². The number of aliphatic hydroxyl groups excluding tert-OH is 1. The van der Waals surface area contributed by atoms with Gasteiger partial charge in [-0.1, -0.05) is 13.3 Å². The number of hydrogen-bond acceptors (Lipinski definition) is 4. The number of carbonyl (C=O) groups is 2. The first kappa shape index (κ1) is 18.0. The molecule has 1 saturated carbocycles. The van der Waals surface area contributed by atoms with Crippen molar-refractivity contribution in [3.05, 3.63) is 0 Å². The fraction of sp³-hybridized carbons (Fsp3) is 0.875. The van der Waals surface area contributed by atoms with E-state index in [1.807, 2.05) is 27.7 Å². The molecule has 5 nitrogen and oxygen atoms in total. The third-order valence-electron chi connectivity index (χ3n) is 3.77. The Hall–Kier alpha value is -1.10. The molecule has 0 aliphatic heterocycles. The fourth-order valence-electron chi connectivity index (χ4n) is 2.55. The van der Waals surface area contributed by atoms with Crippen LogP contribution in [0.5, 0.6) is 0 Å². The van der Waals surface area contributed by atoms with Crippen LogP contribution in [0.1, 0.15) is 59.8 Å². The lowest BCUT2D eigenvalue weighted by molar-refractivity contribution is -0.160. The molecule has 1 fully saturated rings. The van der Waals surface area contributed by atoms with Crippen molar-refractivity contribution in [3.8, 4) is 0 Å². The van der Waals surface area contributed by atoms with E-state index in [9.17, 15) is 14.7 Å². The zero-order valence-electron chi connectivity index (χ0n) is 13.6. The fourth-order valence-corrected chi connectivity index (χ4v) is 2.55. The van der Waals surface area contributed by atoms with Crippen molar-refractivity contribution in [3.63, 3.8) is 0 Å². The summed E-state index contributed by atoms with van der Waals surface area (Å²) >= 11 is 0. The average molecular weight is 299 g/mol. The van der Waals surface area contributed by atoms with E-state index in [1.54, 1.807) is 0 Å². The summed E-state index contributed by atoms with van der Waals surface area (Å²) in [6, 6.07) is 0. The molecule has 0 aromatic rings. The quantitative estimate of drug-likeness (QED) is 0.762. The Morgan fingerprint density at radius 1 is 1.33 bits per heavy atom. The lowest BCUT2D eigenvalue weighted by Crippen LogP contribution is -2.40. The SMILES string of the molecule is CCC(CNC(=O)[C@@H]1CCC[C@H](O)C1)C(=O)OC(C)(C)C. The highest BCUT2D eigenvalue weighted by Gasteiger charge is 2.28. The standard InChI is InChI=1S/C16H29NO4/c1-5-11(15(20)21-16(2,3)4)10-17-14(19)12-7-6-8-13(18)9-12/h11-13,18H,5-10H2,1-4H3,(H,17,19)/t11?,12-,13+/m1/s1. The second-order valence-corrected chi connectivity index (χ2v) is 6.90. The molecule has 0 radical (unpaired) electrons. The predicted molar refractivity (Wildman–Crippen MR) is 80.6 cm³/mol. The molecule has 0 saturated heterocycles. The number of hydrogen-bond donors (Lipinski definition) is 2. The summed E-state index contributed by atoms with van der Waals surface area (Å²) in [5.74, 6) is -0.781. The summed E-state index contributed by atoms with van der Waals surface area (Å²) in [7, 11) is 0. The van der Waals surface area contributed by atoms with Crippen molar-refractivity contribution in [2.24, 2.45) is 11.8 Å². The number of ether oxygens (including phenoxy) is 1. The first-order chi connectivity index (χ1) is 9.73. The summed E-state index contributed by atoms with van der Waals surface area (Å²) in [6.45, 7) is 7.71. The number of esters is 1. The Morgan fingerprint density at radius 2 is 2.00 bits per heavy atom. The number of carbonyl (C=O) groups excluding carboxylic acids is 2. The molecule has 3 atom stereocenters. The number of aliphatic hydroxyl groups is 1. The highest BCUT2D eigenvalue weighted by atomic mass is 16.6. The van der Waals surface area contributed by atoms with Crippen LogP contribution in [-0.2, 0) is 14.3 Å². The zero-order chi connectivity index (χ0) is 16.0. The van der Waals surface area contributed by atoms with Crippen LogP contribution in [0.2, 0.25) is 0 Å². The number of rotatable bonds is 5. The Morgan fingerprint density at radius 3 is 2.52 bits per heavy atom. The van der Waals surface area contributed by atoms with E-state index < -0.39 is 5.60 Å². The van der Waals surface area contributed by atoms with Crippen LogP contribution in [0.25, 0.3) is 0 Å². The molecule has 21 heavy (non-hydrogen) atoms. The van der Waals surface area contributed by atoms with E-state index in [1.165, 1.54) is 0 Å². The lowest BCUT2D eigenvalue weighted by atomic mass is 9.86. The van der Waals surface area contributed by atoms with E-state index in [2.05, 4.69) is 5.32 Å². The van der Waals surface area contributed by atoms with Crippen LogP contribution in [-0.4, -0.2) is 35.2 Å². The van der Waals surface area contributed by atoms with Gasteiger partial charge in [0.1, 0.15) is 5.60 Å². The number of nitrogens with one attached hydrogen (secondary N) is 1. The van der Waals surface area contributed by atoms with Crippen molar-refractivity contribution in [1.82, 2.24) is 5.32 Å². The molecular weight excluding hydrogens is 270 g/mol. The van der Waals surface area contributed by atoms with E-state index >= 15 is 0 Å². The maximum Gasteiger partial charge on any atom is 0.311 e. The average Bonchev–Trinajstić information content (AvgIpc) is 2.37. The van der Waals surface area contributed by atoms with Crippen LogP contribution in [0, 0.1) is 11.8 Å². The minimum atomic E-state index is -0.512. The summed E-state index contributed by atoms with van der Waals surface area (Å²) in [4.78, 5) is 24.1. The van der Waals surface area contributed by atoms with E-state index in [-0.39, 0.29) is 29.8 Å². The zero-order valence-corrected chi connectivity index (χ0v) is 13.6. The monoisotopic (exact) mass is 299 g/mol. The first-order valence-electron chi connectivity index (χ1n) is 7.91. The van der Waals surface area contributed by atoms with Gasteiger partial charge in [-0.15, -0.1) is 0 Å². The Kier molecular flexibility index (Phi) is 6.65. The first-order valence-corrected chi connectivity index (χ1v) is 7.91. The molecule has 1 unspecified atom stereocenters. The molecule has 122 valence electrons. The molecule has 1 amide bonds. The van der Waals surface area contributed by atoms with Crippen LogP contribution in [0.3, 0.4) is 0 Å². The smallest absolute Gasteiger partial charge is 0.311 e. The summed E-state index contributed by atoms with van der Waals surface area (Å²) < 4.78 is 5.36. The van der Waals surface area contributed by atoms with Gasteiger partial charge in [0.15, 0.2) is 0 Å². The van der Waals surface area contributed by atoms with Gasteiger partial charge in [0, 0.05) is 12.5 Å². The molecule has 1 aliphatic carbocycles. The Bertz CT molecular complexity index is 362. The predicted octanol–water partition coefficient (Wildman–Crippen LogP) is 2.02. The molecule has 0 bridgehead atoms. The molecule has 0 heterocycles. The van der Waals surface area contributed by atoms with Gasteiger partial charge in [-0.3, -0.25) is 9.59 Å². The topological polar surface area (TPSA) is 75.6 Å². The number of amides is 1. The molecule has 1 aliphatic rings. The molecule has 1 rings (SSSR count). The lowest BCUT2D eigenvalue weighted by Gasteiger charge is -2.26. The van der Waals surface area contributed by atoms with Gasteiger partial charge >= 0.3 is 5.97 Å². The molecule has 2 N–H and O–H groups in total. The van der Waals surface area contributed by atoms with Gasteiger partial charge in [-0.25, -0.2) is 0 Å². The van der Waals surface area contributed by atoms with Crippen molar-refractivity contribution in [1.29, 1.82) is 0 Å². The van der Waals surface area contributed by atoms with Crippen molar-refractivity contribution in [2.45, 2.75) is 71.5 Å². The summed E-state index contributed by atoms with van der Waals surface area (Å²) in [5.41, 5.74) is -0.512. The van der Waals surface area contributed by atoms with Crippen LogP contribution < -0.4 is 5.32 Å². The highest BCUT2D eigenvalue weighted by Crippen LogP contribution is 2.24. The molecule has 0 aromatic heterocycles. The third-order valence-corrected chi connectivity index (χ3v) is 3.77. The van der Waals surface area contributed by atoms with Gasteiger partial charge in [-0.2, -0.15) is 0 Å². The van der Waals surface area contributed by atoms with Gasteiger partial charge in [0.25, 0.3) is 0 Å². The van der Waals surface area contributed by atoms with Gasteiger partial charge in [0.2, 0.25) is 5.91 Å². The maximum absolute atomic E-state index is 12.1. The Balaban J connectivity index is 2.43. The summed E-state index contributed by atoms with van der Waals surface area (Å²) in [5, 5.41) is 12.5. The van der Waals surface area contributed by atoms with Gasteiger partial charge in [-0.05, 0) is 46.5 Å². The van der Waals surface area contributed by atoms with E-state index in [0.29, 0.717) is 19.4 Å². The normalized spacial score (nSPS) is 24.2. The minimum absolute atomic E-state index is 0.0595. The second-order valence-electron chi connectivity index (χ2n) is 6.90. The van der Waals surface area contributed by atoms with Crippen LogP contribution >= 0.6 is 0 Å². The third kappa shape index (κ3) is 6.46. The van der Waals surface area contributed by atoms with Gasteiger partial charge < -0.3 is 15.2 Å². The van der Waals surface area contributed by atoms with E-state index in [4.69, 9.17) is 4.74 Å². The van der Waals surface area contributed by atoms with Crippen LogP contribution in [0.4, 0.5) is 0 Å². The van der Waals surface area contributed by atoms with Crippen molar-refractivity contribution >= 4 is 11.9 Å². The minimum Gasteiger partial charge on any atom is -0.460 e. The summed E-state index contributed by atoms with van der Waals surface area (Å²) in [6.07, 6.45) is 3.24. The largest absolute Gasteiger partial charge is 0.460 e. The van der Waals surface area contributed by atoms with Gasteiger partial charge in [0.05, 0.1) is 12.0 Å². The maximum atomic E-state index is 12.1. The molecular formula is C16H29NO4. The molecule has 5 heteroatoms. The van der Waals surface area contributed by atoms with Crippen molar-refractivity contribution < 1.29 is 19.4 Å². The molecule has 0 spiro atoms.